The van der Waals surface area contributed by atoms with E-state index in [4.69, 9.17) is 9.47 Å². The van der Waals surface area contributed by atoms with Crippen LogP contribution in [-0.4, -0.2) is 47.9 Å². The summed E-state index contributed by atoms with van der Waals surface area (Å²) in [5, 5.41) is 0. The molecule has 2 rings (SSSR count). The Morgan fingerprint density at radius 1 is 0.714 bits per heavy atom. The lowest BCUT2D eigenvalue weighted by Crippen LogP contribution is -2.27. The molecule has 0 fully saturated rings. The van der Waals surface area contributed by atoms with Crippen LogP contribution in [0.1, 0.15) is 11.1 Å². The molecule has 28 heavy (non-hydrogen) atoms. The first-order valence-electron chi connectivity index (χ1n) is 8.67. The summed E-state index contributed by atoms with van der Waals surface area (Å²) in [7, 11) is 5.56. The number of nitrogens with zero attached hydrogens (tertiary/aromatic N) is 2. The summed E-state index contributed by atoms with van der Waals surface area (Å²) in [5.74, 6) is -0.627. The lowest BCUT2D eigenvalue weighted by Gasteiger charge is -2.24. The zero-order chi connectivity index (χ0) is 20.2. The van der Waals surface area contributed by atoms with E-state index < -0.39 is 0 Å². The predicted octanol–water partition coefficient (Wildman–Crippen LogP) is 3.55. The number of rotatable bonds is 11. The zero-order valence-electron chi connectivity index (χ0n) is 15.9. The van der Waals surface area contributed by atoms with Crippen molar-refractivity contribution < 1.29 is 19.1 Å². The topological polar surface area (TPSA) is 59.1 Å². The molecule has 0 aliphatic carbocycles. The van der Waals surface area contributed by atoms with Crippen molar-refractivity contribution in [2.24, 2.45) is 0 Å². The van der Waals surface area contributed by atoms with Crippen molar-refractivity contribution in [2.45, 2.75) is 13.1 Å². The van der Waals surface area contributed by atoms with Crippen LogP contribution >= 0.6 is 22.0 Å². The molecule has 0 saturated heterocycles. The second-order valence-electron chi connectivity index (χ2n) is 5.87. The summed E-state index contributed by atoms with van der Waals surface area (Å²) < 4.78 is 13.4. The lowest BCUT2D eigenvalue weighted by molar-refractivity contribution is -0.141. The highest BCUT2D eigenvalue weighted by molar-refractivity contribution is 8.74. The van der Waals surface area contributed by atoms with Gasteiger partial charge in [-0.15, -0.1) is 0 Å². The summed E-state index contributed by atoms with van der Waals surface area (Å²) in [6, 6.07) is 19.8. The molecule has 2 aromatic carbocycles. The average molecular weight is 421 g/mol. The molecule has 0 aliphatic heterocycles. The van der Waals surface area contributed by atoms with Gasteiger partial charge in [0.15, 0.2) is 0 Å². The van der Waals surface area contributed by atoms with Gasteiger partial charge in [-0.3, -0.25) is 9.59 Å². The molecule has 0 atom stereocenters. The summed E-state index contributed by atoms with van der Waals surface area (Å²) in [4.78, 5) is 23.6. The zero-order valence-corrected chi connectivity index (χ0v) is 17.6. The molecule has 0 aliphatic rings. The van der Waals surface area contributed by atoms with Crippen LogP contribution in [0.4, 0.5) is 0 Å². The van der Waals surface area contributed by atoms with Gasteiger partial charge in [0.05, 0.1) is 14.2 Å². The van der Waals surface area contributed by atoms with Crippen LogP contribution in [0.2, 0.25) is 0 Å². The molecule has 0 bridgehead atoms. The van der Waals surface area contributed by atoms with Crippen LogP contribution < -0.4 is 0 Å². The molecule has 0 aromatic heterocycles. The molecule has 0 heterocycles. The normalized spacial score (nSPS) is 10.9. The number of esters is 2. The fourth-order valence-electron chi connectivity index (χ4n) is 2.30. The van der Waals surface area contributed by atoms with Crippen molar-refractivity contribution in [3.05, 3.63) is 71.8 Å². The van der Waals surface area contributed by atoms with Gasteiger partial charge in [0.2, 0.25) is 0 Å². The highest BCUT2D eigenvalue weighted by atomic mass is 33.1. The molecule has 8 heteroatoms. The maximum absolute atomic E-state index is 11.8. The van der Waals surface area contributed by atoms with Crippen molar-refractivity contribution in [3.8, 4) is 0 Å². The van der Waals surface area contributed by atoms with E-state index in [2.05, 4.69) is 0 Å². The van der Waals surface area contributed by atoms with Gasteiger partial charge in [-0.05, 0) is 11.1 Å². The molecule has 0 unspecified atom stereocenters. The minimum atomic E-state index is -0.313. The fourth-order valence-corrected chi connectivity index (χ4v) is 4.41. The van der Waals surface area contributed by atoms with E-state index in [9.17, 15) is 9.59 Å². The number of carbonyl (C=O) groups excluding carboxylic acids is 2. The van der Waals surface area contributed by atoms with Gasteiger partial charge in [-0.2, -0.15) is 0 Å². The monoisotopic (exact) mass is 420 g/mol. The Labute approximate surface area is 173 Å². The number of hydrogen-bond acceptors (Lipinski definition) is 8. The van der Waals surface area contributed by atoms with Gasteiger partial charge in [0.1, 0.15) is 13.1 Å². The number of hydrogen-bond donors (Lipinski definition) is 0. The van der Waals surface area contributed by atoms with E-state index in [1.165, 1.54) is 36.2 Å². The Bertz CT molecular complexity index is 668. The average Bonchev–Trinajstić information content (AvgIpc) is 2.73. The van der Waals surface area contributed by atoms with E-state index in [-0.39, 0.29) is 25.0 Å². The van der Waals surface area contributed by atoms with Crippen molar-refractivity contribution in [1.82, 2.24) is 8.61 Å². The molecule has 0 radical (unpaired) electrons. The van der Waals surface area contributed by atoms with Gasteiger partial charge in [0.25, 0.3) is 0 Å². The van der Waals surface area contributed by atoms with Gasteiger partial charge in [0, 0.05) is 35.0 Å². The maximum atomic E-state index is 11.8. The highest BCUT2D eigenvalue weighted by Crippen LogP contribution is 2.32. The maximum Gasteiger partial charge on any atom is 0.320 e. The van der Waals surface area contributed by atoms with Crippen molar-refractivity contribution in [2.75, 3.05) is 27.3 Å². The summed E-state index contributed by atoms with van der Waals surface area (Å²) in [6.45, 7) is 1.43. The van der Waals surface area contributed by atoms with Crippen LogP contribution in [0.15, 0.2) is 60.7 Å². The Balaban J connectivity index is 2.03. The van der Waals surface area contributed by atoms with Crippen molar-refractivity contribution in [3.63, 3.8) is 0 Å². The minimum absolute atomic E-state index is 0.139. The molecule has 6 nitrogen and oxygen atoms in total. The molecular weight excluding hydrogens is 396 g/mol. The minimum Gasteiger partial charge on any atom is -0.468 e. The van der Waals surface area contributed by atoms with Gasteiger partial charge in [-0.1, -0.05) is 60.7 Å². The number of carbonyl (C=O) groups is 2. The number of methoxy groups -OCH3 is 2. The summed E-state index contributed by atoms with van der Waals surface area (Å²) in [6.07, 6.45) is 0. The number of benzene rings is 2. The third-order valence-electron chi connectivity index (χ3n) is 3.71. The Morgan fingerprint density at radius 2 is 1.07 bits per heavy atom. The molecular formula is C20H24N2O4S2. The third-order valence-corrected chi connectivity index (χ3v) is 6.18. The SMILES string of the molecule is COC(=O)CN(Cc1ccccc1)SSN(CC(=O)OC)Cc1ccccc1. The van der Waals surface area contributed by atoms with Crippen LogP contribution in [0.3, 0.4) is 0 Å². The first-order chi connectivity index (χ1) is 13.6. The molecule has 0 saturated carbocycles. The fraction of sp³-hybridized carbons (Fsp3) is 0.300. The molecule has 150 valence electrons. The lowest BCUT2D eigenvalue weighted by atomic mass is 10.2. The Hall–Kier alpha value is -2.00. The Kier molecular flexibility index (Phi) is 9.92. The first kappa shape index (κ1) is 22.3. The van der Waals surface area contributed by atoms with Crippen LogP contribution in [0.5, 0.6) is 0 Å². The van der Waals surface area contributed by atoms with Crippen molar-refractivity contribution in [1.29, 1.82) is 0 Å². The van der Waals surface area contributed by atoms with Crippen molar-refractivity contribution >= 4 is 33.9 Å². The standard InChI is InChI=1S/C20H24N2O4S2/c1-25-19(23)15-21(13-17-9-5-3-6-10-17)27-28-22(16-20(24)26-2)14-18-11-7-4-8-12-18/h3-12H,13-16H2,1-2H3. The van der Waals surface area contributed by atoms with Gasteiger partial charge >= 0.3 is 11.9 Å². The van der Waals surface area contributed by atoms with E-state index in [0.29, 0.717) is 13.1 Å². The largest absolute Gasteiger partial charge is 0.468 e. The predicted molar refractivity (Wildman–Crippen MR) is 113 cm³/mol. The third kappa shape index (κ3) is 8.35. The van der Waals surface area contributed by atoms with E-state index in [0.717, 1.165) is 11.1 Å². The quantitative estimate of drug-likeness (QED) is 0.311. The molecule has 2 aromatic rings. The van der Waals surface area contributed by atoms with E-state index in [1.807, 2.05) is 69.3 Å². The highest BCUT2D eigenvalue weighted by Gasteiger charge is 2.18. The second-order valence-corrected chi connectivity index (χ2v) is 8.09. The molecule has 0 N–H and O–H groups in total. The van der Waals surface area contributed by atoms with Gasteiger partial charge in [-0.25, -0.2) is 8.61 Å². The van der Waals surface area contributed by atoms with Crippen LogP contribution in [0.25, 0.3) is 0 Å². The Morgan fingerprint density at radius 3 is 1.39 bits per heavy atom. The summed E-state index contributed by atoms with van der Waals surface area (Å²) >= 11 is 0. The van der Waals surface area contributed by atoms with Gasteiger partial charge < -0.3 is 9.47 Å². The summed E-state index contributed by atoms with van der Waals surface area (Å²) in [5.41, 5.74) is 2.17. The number of ether oxygens (including phenoxy) is 2. The second kappa shape index (κ2) is 12.5. The first-order valence-corrected chi connectivity index (χ1v) is 10.7. The van der Waals surface area contributed by atoms with Crippen LogP contribution in [-0.2, 0) is 32.2 Å². The molecule has 0 spiro atoms. The smallest absolute Gasteiger partial charge is 0.320 e. The van der Waals surface area contributed by atoms with Crippen LogP contribution in [0, 0.1) is 0 Å². The van der Waals surface area contributed by atoms with E-state index in [1.54, 1.807) is 0 Å². The molecule has 0 amide bonds. The van der Waals surface area contributed by atoms with E-state index >= 15 is 0 Å².